The number of methoxy groups -OCH3 is 1. The van der Waals surface area contributed by atoms with Crippen molar-refractivity contribution >= 4 is 9.84 Å². The molecule has 98 valence electrons. The molecule has 0 rings (SSSR count). The van der Waals surface area contributed by atoms with Crippen LogP contribution >= 0.6 is 0 Å². The van der Waals surface area contributed by atoms with Crippen molar-refractivity contribution in [2.45, 2.75) is 45.0 Å². The van der Waals surface area contributed by atoms with Crippen LogP contribution in [0.3, 0.4) is 0 Å². The first-order valence-electron chi connectivity index (χ1n) is 5.50. The lowest BCUT2D eigenvalue weighted by atomic mass is 10.1. The zero-order valence-corrected chi connectivity index (χ0v) is 12.1. The second-order valence-electron chi connectivity index (χ2n) is 5.57. The first-order chi connectivity index (χ1) is 7.02. The summed E-state index contributed by atoms with van der Waals surface area (Å²) in [4.78, 5) is 0. The highest BCUT2D eigenvalue weighted by atomic mass is 32.2. The number of ether oxygens (including phenoxy) is 1. The molecule has 5 heteroatoms. The number of hydrogen-bond acceptors (Lipinski definition) is 4. The molecule has 0 aromatic heterocycles. The number of sulfone groups is 1. The first-order valence-corrected chi connectivity index (χ1v) is 7.15. The summed E-state index contributed by atoms with van der Waals surface area (Å²) in [6.45, 7) is 10.2. The van der Waals surface area contributed by atoms with Gasteiger partial charge < -0.3 is 10.1 Å². The fourth-order valence-corrected chi connectivity index (χ4v) is 2.00. The Balaban J connectivity index is 4.03. The van der Waals surface area contributed by atoms with E-state index in [4.69, 9.17) is 4.74 Å². The molecule has 0 saturated carbocycles. The summed E-state index contributed by atoms with van der Waals surface area (Å²) in [5.41, 5.74) is -0.258. The highest BCUT2D eigenvalue weighted by Crippen LogP contribution is 2.15. The van der Waals surface area contributed by atoms with Crippen molar-refractivity contribution in [1.29, 1.82) is 0 Å². The highest BCUT2D eigenvalue weighted by Gasteiger charge is 2.28. The summed E-state index contributed by atoms with van der Waals surface area (Å²) in [7, 11) is -1.38. The molecule has 0 aliphatic heterocycles. The molecule has 0 spiro atoms. The van der Waals surface area contributed by atoms with Gasteiger partial charge in [0.1, 0.15) is 0 Å². The minimum Gasteiger partial charge on any atom is -0.377 e. The van der Waals surface area contributed by atoms with Gasteiger partial charge in [0.2, 0.25) is 0 Å². The predicted molar refractivity (Wildman–Crippen MR) is 67.5 cm³/mol. The smallest absolute Gasteiger partial charge is 0.156 e. The van der Waals surface area contributed by atoms with Crippen LogP contribution in [-0.4, -0.2) is 44.7 Å². The lowest BCUT2D eigenvalue weighted by Crippen LogP contribution is -2.40. The molecule has 0 atom stereocenters. The lowest BCUT2D eigenvalue weighted by Gasteiger charge is -2.24. The van der Waals surface area contributed by atoms with Crippen LogP contribution in [0.1, 0.15) is 34.6 Å². The van der Waals surface area contributed by atoms with E-state index in [0.29, 0.717) is 13.1 Å². The number of nitrogens with one attached hydrogen (secondary N) is 1. The maximum atomic E-state index is 11.8. The van der Waals surface area contributed by atoms with E-state index in [1.54, 1.807) is 27.9 Å². The molecule has 0 aliphatic rings. The molecule has 0 radical (unpaired) electrons. The molecule has 0 saturated heterocycles. The molecular weight excluding hydrogens is 226 g/mol. The van der Waals surface area contributed by atoms with Crippen molar-refractivity contribution in [2.24, 2.45) is 0 Å². The Morgan fingerprint density at radius 2 is 1.62 bits per heavy atom. The Hall–Kier alpha value is -0.130. The quantitative estimate of drug-likeness (QED) is 0.721. The van der Waals surface area contributed by atoms with Crippen molar-refractivity contribution < 1.29 is 13.2 Å². The Morgan fingerprint density at radius 3 is 2.00 bits per heavy atom. The molecule has 0 fully saturated rings. The van der Waals surface area contributed by atoms with Gasteiger partial charge in [-0.25, -0.2) is 8.42 Å². The number of hydrogen-bond donors (Lipinski definition) is 1. The third-order valence-corrected chi connectivity index (χ3v) is 5.19. The van der Waals surface area contributed by atoms with Crippen LogP contribution in [-0.2, 0) is 14.6 Å². The summed E-state index contributed by atoms with van der Waals surface area (Å²) in [5, 5.41) is 3.10. The molecule has 16 heavy (non-hydrogen) atoms. The van der Waals surface area contributed by atoms with Gasteiger partial charge in [-0.1, -0.05) is 0 Å². The molecule has 1 N–H and O–H groups in total. The van der Waals surface area contributed by atoms with Gasteiger partial charge in [0.25, 0.3) is 0 Å². The van der Waals surface area contributed by atoms with Crippen molar-refractivity contribution in [1.82, 2.24) is 5.32 Å². The van der Waals surface area contributed by atoms with Gasteiger partial charge >= 0.3 is 0 Å². The third kappa shape index (κ3) is 5.27. The van der Waals surface area contributed by atoms with Crippen LogP contribution in [0.4, 0.5) is 0 Å². The maximum Gasteiger partial charge on any atom is 0.156 e. The van der Waals surface area contributed by atoms with E-state index in [-0.39, 0.29) is 11.4 Å². The number of rotatable bonds is 6. The molecule has 0 aliphatic carbocycles. The largest absolute Gasteiger partial charge is 0.377 e. The Labute approximate surface area is 99.7 Å². The molecule has 0 aromatic carbocycles. The minimum atomic E-state index is -3.03. The van der Waals surface area contributed by atoms with Gasteiger partial charge in [-0.15, -0.1) is 0 Å². The van der Waals surface area contributed by atoms with Crippen molar-refractivity contribution in [3.05, 3.63) is 0 Å². The van der Waals surface area contributed by atoms with Gasteiger partial charge in [-0.3, -0.25) is 0 Å². The topological polar surface area (TPSA) is 55.4 Å². The van der Waals surface area contributed by atoms with E-state index < -0.39 is 14.6 Å². The van der Waals surface area contributed by atoms with Crippen molar-refractivity contribution in [3.63, 3.8) is 0 Å². The van der Waals surface area contributed by atoms with Gasteiger partial charge in [-0.2, -0.15) is 0 Å². The van der Waals surface area contributed by atoms with Crippen LogP contribution in [0, 0.1) is 0 Å². The van der Waals surface area contributed by atoms with E-state index >= 15 is 0 Å². The monoisotopic (exact) mass is 251 g/mol. The van der Waals surface area contributed by atoms with Gasteiger partial charge in [0.05, 0.1) is 16.1 Å². The van der Waals surface area contributed by atoms with Gasteiger partial charge in [0.15, 0.2) is 9.84 Å². The Kier molecular flexibility index (Phi) is 5.42. The van der Waals surface area contributed by atoms with Crippen LogP contribution in [0.15, 0.2) is 0 Å². The zero-order valence-electron chi connectivity index (χ0n) is 11.3. The van der Waals surface area contributed by atoms with E-state index in [1.165, 1.54) is 0 Å². The molecular formula is C11H25NO3S. The molecule has 4 nitrogen and oxygen atoms in total. The highest BCUT2D eigenvalue weighted by molar-refractivity contribution is 7.92. The van der Waals surface area contributed by atoms with Crippen molar-refractivity contribution in [3.8, 4) is 0 Å². The van der Waals surface area contributed by atoms with E-state index in [1.807, 2.05) is 13.8 Å². The molecule has 0 bridgehead atoms. The van der Waals surface area contributed by atoms with Gasteiger partial charge in [-0.05, 0) is 34.6 Å². The van der Waals surface area contributed by atoms with E-state index in [2.05, 4.69) is 5.32 Å². The summed E-state index contributed by atoms with van der Waals surface area (Å²) in [6.07, 6.45) is 0. The SMILES string of the molecule is COC(C)(C)CNCCS(=O)(=O)C(C)(C)C. The summed E-state index contributed by atoms with van der Waals surface area (Å²) >= 11 is 0. The predicted octanol–water partition coefficient (Wildman–Crippen LogP) is 1.21. The fraction of sp³-hybridized carbons (Fsp3) is 1.00. The van der Waals surface area contributed by atoms with Crippen LogP contribution in [0.5, 0.6) is 0 Å². The van der Waals surface area contributed by atoms with Crippen molar-refractivity contribution in [2.75, 3.05) is 26.0 Å². The average Bonchev–Trinajstić information content (AvgIpc) is 2.11. The van der Waals surface area contributed by atoms with Crippen LogP contribution in [0.25, 0.3) is 0 Å². The van der Waals surface area contributed by atoms with Crippen LogP contribution in [0.2, 0.25) is 0 Å². The summed E-state index contributed by atoms with van der Waals surface area (Å²) in [6, 6.07) is 0. The standard InChI is InChI=1S/C11H25NO3S/c1-10(2,3)16(13,14)8-7-12-9-11(4,5)15-6/h12H,7-9H2,1-6H3. The fourth-order valence-electron chi connectivity index (χ4n) is 0.974. The maximum absolute atomic E-state index is 11.8. The Bertz CT molecular complexity index is 302. The lowest BCUT2D eigenvalue weighted by molar-refractivity contribution is 0.0238. The average molecular weight is 251 g/mol. The normalized spacial score (nSPS) is 14.1. The van der Waals surface area contributed by atoms with E-state index in [0.717, 1.165) is 0 Å². The molecule has 0 amide bonds. The first kappa shape index (κ1) is 15.9. The van der Waals surface area contributed by atoms with Crippen LogP contribution < -0.4 is 5.32 Å². The summed E-state index contributed by atoms with van der Waals surface area (Å²) < 4.78 is 28.1. The van der Waals surface area contributed by atoms with E-state index in [9.17, 15) is 8.42 Å². The summed E-state index contributed by atoms with van der Waals surface area (Å²) in [5.74, 6) is 0.163. The second kappa shape index (κ2) is 5.47. The van der Waals surface area contributed by atoms with Gasteiger partial charge in [0, 0.05) is 20.2 Å². The minimum absolute atomic E-state index is 0.163. The Morgan fingerprint density at radius 1 is 1.12 bits per heavy atom. The molecule has 0 aromatic rings. The third-order valence-electron chi connectivity index (χ3n) is 2.58. The molecule has 0 unspecified atom stereocenters. The second-order valence-corrected chi connectivity index (χ2v) is 8.43. The zero-order chi connectivity index (χ0) is 13.0. The molecule has 0 heterocycles.